The first kappa shape index (κ1) is 20.7. The Morgan fingerprint density at radius 1 is 1.37 bits per heavy atom. The van der Waals surface area contributed by atoms with Gasteiger partial charge in [0.1, 0.15) is 16.9 Å². The van der Waals surface area contributed by atoms with Crippen LogP contribution in [0.25, 0.3) is 21.6 Å². The second-order valence-corrected chi connectivity index (χ2v) is 9.12. The minimum atomic E-state index is -1.06. The van der Waals surface area contributed by atoms with Gasteiger partial charge in [-0.2, -0.15) is 0 Å². The Bertz CT molecular complexity index is 1050. The van der Waals surface area contributed by atoms with Crippen LogP contribution in [0.2, 0.25) is 0 Å². The number of rotatable bonds is 5. The van der Waals surface area contributed by atoms with Crippen molar-refractivity contribution in [2.45, 2.75) is 51.9 Å². The van der Waals surface area contributed by atoms with E-state index in [2.05, 4.69) is 25.5 Å². The van der Waals surface area contributed by atoms with E-state index >= 15 is 0 Å². The van der Waals surface area contributed by atoms with E-state index in [0.717, 1.165) is 26.6 Å². The number of pyridine rings is 2. The predicted octanol–water partition coefficient (Wildman–Crippen LogP) is 2.94. The third-order valence-corrected chi connectivity index (χ3v) is 6.01. The number of nitrogens with one attached hydrogen (secondary N) is 1. The number of aromatic nitrogens is 4. The maximum Gasteiger partial charge on any atom is 0.228 e. The Kier molecular flexibility index (Phi) is 6.01. The summed E-state index contributed by atoms with van der Waals surface area (Å²) in [5.41, 5.74) is 2.13. The van der Waals surface area contributed by atoms with Crippen molar-refractivity contribution in [3.8, 4) is 10.7 Å². The van der Waals surface area contributed by atoms with Crippen molar-refractivity contribution >= 4 is 28.1 Å². The van der Waals surface area contributed by atoms with Crippen molar-refractivity contribution in [1.82, 2.24) is 30.4 Å². The first-order valence-corrected chi connectivity index (χ1v) is 10.9. The van der Waals surface area contributed by atoms with Gasteiger partial charge in [0.15, 0.2) is 5.01 Å². The van der Waals surface area contributed by atoms with Gasteiger partial charge in [0.25, 0.3) is 0 Å². The molecule has 3 aromatic rings. The van der Waals surface area contributed by atoms with E-state index in [1.54, 1.807) is 11.1 Å². The Morgan fingerprint density at radius 3 is 2.90 bits per heavy atom. The fraction of sp³-hybridized carbons (Fsp3) is 0.476. The number of nitrogens with zero attached hydrogens (tertiary/aromatic N) is 5. The molecular weight excluding hydrogens is 403 g/mol. The molecule has 7 nitrogen and oxygen atoms in total. The van der Waals surface area contributed by atoms with Crippen LogP contribution in [0.1, 0.15) is 31.0 Å². The predicted molar refractivity (Wildman–Crippen MR) is 115 cm³/mol. The van der Waals surface area contributed by atoms with Crippen molar-refractivity contribution in [3.63, 3.8) is 0 Å². The van der Waals surface area contributed by atoms with Gasteiger partial charge in [0, 0.05) is 30.2 Å². The lowest BCUT2D eigenvalue weighted by atomic mass is 10.0. The Balaban J connectivity index is 1.46. The van der Waals surface area contributed by atoms with Crippen molar-refractivity contribution in [2.75, 3.05) is 13.1 Å². The number of halogens is 1. The number of carbonyl (C=O) groups is 1. The highest BCUT2D eigenvalue weighted by molar-refractivity contribution is 7.14. The SMILES string of the molecule is Cc1nnc(-c2ccc3cnc(CC(=O)N4CC[C@H](NC(C)C)[C@@H](F)C4)cc3n2)s1. The van der Waals surface area contributed by atoms with Crippen molar-refractivity contribution in [1.29, 1.82) is 0 Å². The van der Waals surface area contributed by atoms with Crippen LogP contribution in [-0.2, 0) is 11.2 Å². The number of carbonyl (C=O) groups excluding carboxylic acids is 1. The van der Waals surface area contributed by atoms with Gasteiger partial charge in [0.2, 0.25) is 5.91 Å². The molecule has 0 unspecified atom stereocenters. The lowest BCUT2D eigenvalue weighted by Crippen LogP contribution is -2.54. The number of likely N-dealkylation sites (tertiary alicyclic amines) is 1. The number of hydrogen-bond donors (Lipinski definition) is 1. The van der Waals surface area contributed by atoms with Gasteiger partial charge in [-0.25, -0.2) is 9.37 Å². The molecule has 1 N–H and O–H groups in total. The molecule has 158 valence electrons. The van der Waals surface area contributed by atoms with Gasteiger partial charge in [-0.1, -0.05) is 25.2 Å². The Labute approximate surface area is 178 Å². The molecule has 4 rings (SSSR count). The minimum Gasteiger partial charge on any atom is -0.339 e. The van der Waals surface area contributed by atoms with Gasteiger partial charge in [-0.15, -0.1) is 10.2 Å². The van der Waals surface area contributed by atoms with E-state index < -0.39 is 6.17 Å². The third kappa shape index (κ3) is 4.62. The van der Waals surface area contributed by atoms with Crippen LogP contribution in [0, 0.1) is 6.92 Å². The molecule has 1 amide bonds. The molecule has 3 aromatic heterocycles. The van der Waals surface area contributed by atoms with E-state index in [1.165, 1.54) is 11.3 Å². The van der Waals surface area contributed by atoms with Crippen LogP contribution in [0.4, 0.5) is 4.39 Å². The van der Waals surface area contributed by atoms with Gasteiger partial charge < -0.3 is 10.2 Å². The third-order valence-electron chi connectivity index (χ3n) is 5.15. The molecule has 0 spiro atoms. The number of amides is 1. The molecule has 1 saturated heterocycles. The van der Waals surface area contributed by atoms with Crippen LogP contribution in [-0.4, -0.2) is 62.3 Å². The highest BCUT2D eigenvalue weighted by Gasteiger charge is 2.31. The standard InChI is InChI=1S/C21H25FN6OS/c1-12(2)24-17-6-7-28(11-16(17)22)20(29)9-15-8-19-14(10-23-15)4-5-18(25-19)21-27-26-13(3)30-21/h4-5,8,10,12,16-17,24H,6-7,9,11H2,1-3H3/t16-,17-/m0/s1. The summed E-state index contributed by atoms with van der Waals surface area (Å²) in [6.45, 7) is 6.58. The highest BCUT2D eigenvalue weighted by Crippen LogP contribution is 2.24. The maximum atomic E-state index is 14.5. The normalized spacial score (nSPS) is 19.6. The van der Waals surface area contributed by atoms with Gasteiger partial charge >= 0.3 is 0 Å². The first-order chi connectivity index (χ1) is 14.4. The summed E-state index contributed by atoms with van der Waals surface area (Å²) < 4.78 is 14.5. The number of piperidine rings is 1. The average Bonchev–Trinajstić information content (AvgIpc) is 3.15. The zero-order valence-corrected chi connectivity index (χ0v) is 18.1. The summed E-state index contributed by atoms with van der Waals surface area (Å²) in [5, 5.41) is 14.0. The molecule has 2 atom stereocenters. The number of hydrogen-bond acceptors (Lipinski definition) is 7. The van der Waals surface area contributed by atoms with Crippen molar-refractivity contribution in [2.24, 2.45) is 0 Å². The molecule has 0 radical (unpaired) electrons. The molecule has 30 heavy (non-hydrogen) atoms. The van der Waals surface area contributed by atoms with Gasteiger partial charge in [0.05, 0.1) is 24.2 Å². The second-order valence-electron chi connectivity index (χ2n) is 7.94. The van der Waals surface area contributed by atoms with Crippen LogP contribution in [0.3, 0.4) is 0 Å². The molecule has 1 aliphatic rings. The molecule has 1 fully saturated rings. The molecular formula is C21H25FN6OS. The topological polar surface area (TPSA) is 83.9 Å². The molecule has 9 heteroatoms. The number of alkyl halides is 1. The highest BCUT2D eigenvalue weighted by atomic mass is 32.1. The lowest BCUT2D eigenvalue weighted by molar-refractivity contribution is -0.133. The summed E-state index contributed by atoms with van der Waals surface area (Å²) in [7, 11) is 0. The molecule has 0 saturated carbocycles. The zero-order chi connectivity index (χ0) is 21.3. The fourth-order valence-corrected chi connectivity index (χ4v) is 4.35. The average molecular weight is 429 g/mol. The van der Waals surface area contributed by atoms with Crippen LogP contribution in [0.5, 0.6) is 0 Å². The van der Waals surface area contributed by atoms with Crippen LogP contribution < -0.4 is 5.32 Å². The summed E-state index contributed by atoms with van der Waals surface area (Å²) in [6.07, 6.45) is 1.41. The first-order valence-electron chi connectivity index (χ1n) is 10.1. The fourth-order valence-electron chi connectivity index (χ4n) is 3.69. The van der Waals surface area contributed by atoms with E-state index in [0.29, 0.717) is 18.7 Å². The molecule has 1 aliphatic heterocycles. The van der Waals surface area contributed by atoms with Crippen molar-refractivity contribution < 1.29 is 9.18 Å². The number of fused-ring (bicyclic) bond motifs is 1. The van der Waals surface area contributed by atoms with Crippen LogP contribution in [0.15, 0.2) is 24.4 Å². The summed E-state index contributed by atoms with van der Waals surface area (Å²) >= 11 is 1.49. The van der Waals surface area contributed by atoms with E-state index in [1.807, 2.05) is 39.0 Å². The largest absolute Gasteiger partial charge is 0.339 e. The minimum absolute atomic E-state index is 0.108. The molecule has 0 aliphatic carbocycles. The van der Waals surface area contributed by atoms with E-state index in [-0.39, 0.29) is 31.0 Å². The Hall–Kier alpha value is -2.52. The Morgan fingerprint density at radius 2 is 2.20 bits per heavy atom. The zero-order valence-electron chi connectivity index (χ0n) is 17.3. The molecule has 0 aromatic carbocycles. The van der Waals surface area contributed by atoms with E-state index in [9.17, 15) is 9.18 Å². The van der Waals surface area contributed by atoms with Gasteiger partial charge in [-0.05, 0) is 31.5 Å². The summed E-state index contributed by atoms with van der Waals surface area (Å²) in [4.78, 5) is 23.4. The molecule has 4 heterocycles. The summed E-state index contributed by atoms with van der Waals surface area (Å²) in [5.74, 6) is -0.108. The monoisotopic (exact) mass is 428 g/mol. The maximum absolute atomic E-state index is 14.5. The van der Waals surface area contributed by atoms with Crippen molar-refractivity contribution in [3.05, 3.63) is 35.1 Å². The number of aryl methyl sites for hydroxylation is 1. The smallest absolute Gasteiger partial charge is 0.228 e. The quantitative estimate of drug-likeness (QED) is 0.673. The lowest BCUT2D eigenvalue weighted by Gasteiger charge is -2.36. The van der Waals surface area contributed by atoms with E-state index in [4.69, 9.17) is 0 Å². The van der Waals surface area contributed by atoms with Crippen LogP contribution >= 0.6 is 11.3 Å². The second kappa shape index (κ2) is 8.69. The molecule has 0 bridgehead atoms. The summed E-state index contributed by atoms with van der Waals surface area (Å²) in [6, 6.07) is 5.68. The van der Waals surface area contributed by atoms with Gasteiger partial charge in [-0.3, -0.25) is 9.78 Å².